The van der Waals surface area contributed by atoms with E-state index in [1.165, 1.54) is 0 Å². The van der Waals surface area contributed by atoms with E-state index in [1.54, 1.807) is 12.4 Å². The number of fused-ring (bicyclic) bond motifs is 1. The first-order valence-electron chi connectivity index (χ1n) is 10.3. The van der Waals surface area contributed by atoms with Gasteiger partial charge < -0.3 is 15.4 Å². The third-order valence-corrected chi connectivity index (χ3v) is 4.88. The summed E-state index contributed by atoms with van der Waals surface area (Å²) in [6.07, 6.45) is 3.51. The van der Waals surface area contributed by atoms with Crippen LogP contribution in [-0.2, 0) is 6.61 Å². The Morgan fingerprint density at radius 1 is 0.719 bits per heavy atom. The number of hydrogen-bond acceptors (Lipinski definition) is 6. The Bertz CT molecular complexity index is 1320. The number of para-hydroxylation sites is 1. The van der Waals surface area contributed by atoms with Gasteiger partial charge in [0, 0.05) is 17.3 Å². The average molecular weight is 419 g/mol. The maximum atomic E-state index is 5.84. The first kappa shape index (κ1) is 19.5. The molecule has 156 valence electrons. The Morgan fingerprint density at radius 3 is 2.41 bits per heavy atom. The molecule has 0 fully saturated rings. The Morgan fingerprint density at radius 2 is 1.53 bits per heavy atom. The molecule has 0 saturated heterocycles. The molecule has 2 N–H and O–H groups in total. The first-order valence-corrected chi connectivity index (χ1v) is 10.3. The number of ether oxygens (including phenoxy) is 1. The summed E-state index contributed by atoms with van der Waals surface area (Å²) >= 11 is 0. The summed E-state index contributed by atoms with van der Waals surface area (Å²) in [6.45, 7) is 0.536. The number of nitrogens with zero attached hydrogens (tertiary/aromatic N) is 3. The molecule has 3 aromatic carbocycles. The number of benzene rings is 3. The molecule has 5 aromatic rings. The van der Waals surface area contributed by atoms with E-state index in [1.807, 2.05) is 91.0 Å². The summed E-state index contributed by atoms with van der Waals surface area (Å²) < 4.78 is 5.84. The molecule has 0 aliphatic heterocycles. The SMILES string of the molecule is c1ccc(COc2ccc(Nc3nccc(Nc4cnc5ccccc5c4)n3)cc2)cc1. The van der Waals surface area contributed by atoms with Gasteiger partial charge in [0.2, 0.25) is 5.95 Å². The van der Waals surface area contributed by atoms with Crippen molar-refractivity contribution in [2.75, 3.05) is 10.6 Å². The molecular weight excluding hydrogens is 398 g/mol. The topological polar surface area (TPSA) is 72.0 Å². The lowest BCUT2D eigenvalue weighted by molar-refractivity contribution is 0.306. The Hall–Kier alpha value is -4.45. The van der Waals surface area contributed by atoms with Crippen molar-refractivity contribution in [1.29, 1.82) is 0 Å². The summed E-state index contributed by atoms with van der Waals surface area (Å²) in [5.74, 6) is 1.99. The van der Waals surface area contributed by atoms with Crippen LogP contribution in [0, 0.1) is 0 Å². The molecule has 6 nitrogen and oxygen atoms in total. The van der Waals surface area contributed by atoms with Gasteiger partial charge in [-0.2, -0.15) is 4.98 Å². The lowest BCUT2D eigenvalue weighted by atomic mass is 10.2. The molecule has 6 heteroatoms. The molecule has 0 saturated carbocycles. The van der Waals surface area contributed by atoms with E-state index in [0.29, 0.717) is 18.4 Å². The Balaban J connectivity index is 1.23. The van der Waals surface area contributed by atoms with E-state index in [9.17, 15) is 0 Å². The molecule has 32 heavy (non-hydrogen) atoms. The second kappa shape index (κ2) is 9.14. The predicted octanol–water partition coefficient (Wildman–Crippen LogP) is 6.09. The van der Waals surface area contributed by atoms with Crippen molar-refractivity contribution < 1.29 is 4.74 Å². The van der Waals surface area contributed by atoms with Crippen molar-refractivity contribution >= 4 is 34.0 Å². The summed E-state index contributed by atoms with van der Waals surface area (Å²) in [5.41, 5.74) is 3.84. The van der Waals surface area contributed by atoms with Gasteiger partial charge in [-0.1, -0.05) is 48.5 Å². The van der Waals surface area contributed by atoms with Crippen LogP contribution in [0.2, 0.25) is 0 Å². The zero-order valence-corrected chi connectivity index (χ0v) is 17.3. The number of anilines is 4. The van der Waals surface area contributed by atoms with Crippen LogP contribution in [0.5, 0.6) is 5.75 Å². The second-order valence-electron chi connectivity index (χ2n) is 7.23. The molecule has 0 amide bonds. The van der Waals surface area contributed by atoms with E-state index in [4.69, 9.17) is 4.74 Å². The Kier molecular flexibility index (Phi) is 5.57. The number of aromatic nitrogens is 3. The summed E-state index contributed by atoms with van der Waals surface area (Å²) in [7, 11) is 0. The van der Waals surface area contributed by atoms with Crippen molar-refractivity contribution in [3.63, 3.8) is 0 Å². The van der Waals surface area contributed by atoms with Gasteiger partial charge in [-0.25, -0.2) is 4.98 Å². The van der Waals surface area contributed by atoms with E-state index >= 15 is 0 Å². The molecule has 0 radical (unpaired) electrons. The molecule has 0 atom stereocenters. The highest BCUT2D eigenvalue weighted by molar-refractivity contribution is 5.82. The highest BCUT2D eigenvalue weighted by Gasteiger charge is 2.03. The lowest BCUT2D eigenvalue weighted by Gasteiger charge is -2.10. The van der Waals surface area contributed by atoms with Crippen LogP contribution in [0.25, 0.3) is 10.9 Å². The maximum absolute atomic E-state index is 5.84. The monoisotopic (exact) mass is 419 g/mol. The molecule has 0 aliphatic carbocycles. The Labute approximate surface area is 186 Å². The third kappa shape index (κ3) is 4.82. The largest absolute Gasteiger partial charge is 0.489 e. The standard InChI is InChI=1S/C26H21N5O/c1-2-6-19(7-3-1)18-32-23-12-10-21(11-13-23)30-26-27-15-14-25(31-26)29-22-16-20-8-4-5-9-24(20)28-17-22/h1-17H,18H2,(H2,27,29,30,31). The fraction of sp³-hybridized carbons (Fsp3) is 0.0385. The van der Waals surface area contributed by atoms with Crippen LogP contribution in [-0.4, -0.2) is 15.0 Å². The lowest BCUT2D eigenvalue weighted by Crippen LogP contribution is -2.01. The molecule has 0 spiro atoms. The van der Waals surface area contributed by atoms with Gasteiger partial charge in [0.1, 0.15) is 18.2 Å². The molecule has 2 heterocycles. The van der Waals surface area contributed by atoms with Gasteiger partial charge in [0.15, 0.2) is 0 Å². The average Bonchev–Trinajstić information content (AvgIpc) is 2.84. The molecule has 0 unspecified atom stereocenters. The van der Waals surface area contributed by atoms with Crippen LogP contribution in [0.3, 0.4) is 0 Å². The first-order chi connectivity index (χ1) is 15.8. The van der Waals surface area contributed by atoms with Crippen molar-refractivity contribution in [2.24, 2.45) is 0 Å². The van der Waals surface area contributed by atoms with E-state index in [-0.39, 0.29) is 0 Å². The molecule has 0 aliphatic rings. The third-order valence-electron chi connectivity index (χ3n) is 4.88. The molecular formula is C26H21N5O. The molecule has 5 rings (SSSR count). The summed E-state index contributed by atoms with van der Waals surface area (Å²) in [4.78, 5) is 13.3. The number of hydrogen-bond donors (Lipinski definition) is 2. The highest BCUT2D eigenvalue weighted by Crippen LogP contribution is 2.22. The van der Waals surface area contributed by atoms with Gasteiger partial charge in [0.25, 0.3) is 0 Å². The predicted molar refractivity (Wildman–Crippen MR) is 128 cm³/mol. The summed E-state index contributed by atoms with van der Waals surface area (Å²) in [5, 5.41) is 7.59. The fourth-order valence-electron chi connectivity index (χ4n) is 3.28. The van der Waals surface area contributed by atoms with Crippen molar-refractivity contribution in [1.82, 2.24) is 15.0 Å². The van der Waals surface area contributed by atoms with E-state index in [2.05, 4.69) is 25.6 Å². The van der Waals surface area contributed by atoms with Crippen molar-refractivity contribution in [3.8, 4) is 5.75 Å². The van der Waals surface area contributed by atoms with Gasteiger partial charge in [0.05, 0.1) is 17.4 Å². The van der Waals surface area contributed by atoms with Crippen LogP contribution in [0.1, 0.15) is 5.56 Å². The fourth-order valence-corrected chi connectivity index (χ4v) is 3.28. The van der Waals surface area contributed by atoms with Crippen molar-refractivity contribution in [3.05, 3.63) is 109 Å². The number of rotatable bonds is 7. The minimum Gasteiger partial charge on any atom is -0.489 e. The van der Waals surface area contributed by atoms with Crippen LogP contribution in [0.4, 0.5) is 23.1 Å². The van der Waals surface area contributed by atoms with Crippen LogP contribution in [0.15, 0.2) is 103 Å². The van der Waals surface area contributed by atoms with Gasteiger partial charge >= 0.3 is 0 Å². The van der Waals surface area contributed by atoms with Crippen LogP contribution >= 0.6 is 0 Å². The quantitative estimate of drug-likeness (QED) is 0.333. The second-order valence-corrected chi connectivity index (χ2v) is 7.23. The molecule has 0 bridgehead atoms. The minimum atomic E-state index is 0.502. The zero-order chi connectivity index (χ0) is 21.6. The van der Waals surface area contributed by atoms with Gasteiger partial charge in [-0.05, 0) is 48.0 Å². The molecule has 2 aromatic heterocycles. The van der Waals surface area contributed by atoms with Crippen molar-refractivity contribution in [2.45, 2.75) is 6.61 Å². The van der Waals surface area contributed by atoms with E-state index in [0.717, 1.165) is 33.6 Å². The van der Waals surface area contributed by atoms with E-state index < -0.39 is 0 Å². The minimum absolute atomic E-state index is 0.502. The maximum Gasteiger partial charge on any atom is 0.229 e. The smallest absolute Gasteiger partial charge is 0.229 e. The number of nitrogens with one attached hydrogen (secondary N) is 2. The normalized spacial score (nSPS) is 10.6. The number of pyridine rings is 1. The van der Waals surface area contributed by atoms with Crippen LogP contribution < -0.4 is 15.4 Å². The van der Waals surface area contributed by atoms with Gasteiger partial charge in [-0.3, -0.25) is 4.98 Å². The van der Waals surface area contributed by atoms with Gasteiger partial charge in [-0.15, -0.1) is 0 Å². The highest BCUT2D eigenvalue weighted by atomic mass is 16.5. The summed E-state index contributed by atoms with van der Waals surface area (Å²) in [6, 6.07) is 29.7. The zero-order valence-electron chi connectivity index (χ0n) is 17.3.